The number of rotatable bonds is 4. The summed E-state index contributed by atoms with van der Waals surface area (Å²) in [5, 5.41) is 14.4. The van der Waals surface area contributed by atoms with Crippen molar-refractivity contribution in [1.82, 2.24) is 24.1 Å². The van der Waals surface area contributed by atoms with E-state index in [2.05, 4.69) is 15.1 Å². The maximum Gasteiger partial charge on any atom is 0.283 e. The van der Waals surface area contributed by atoms with Crippen LogP contribution in [0.5, 0.6) is 0 Å². The van der Waals surface area contributed by atoms with Crippen LogP contribution in [0.2, 0.25) is 0 Å². The number of hydrogen-bond acceptors (Lipinski definition) is 8. The lowest BCUT2D eigenvalue weighted by Crippen LogP contribution is -2.32. The number of hydrogen-bond donors (Lipinski definition) is 1. The molecule has 0 radical (unpaired) electrons. The number of aliphatic hydroxyl groups excluding tert-OH is 1. The second-order valence-corrected chi connectivity index (χ2v) is 9.61. The van der Waals surface area contributed by atoms with E-state index < -0.39 is 27.9 Å². The van der Waals surface area contributed by atoms with Gasteiger partial charge in [0.25, 0.3) is 15.9 Å². The Morgan fingerprint density at radius 3 is 2.84 bits per heavy atom. The van der Waals surface area contributed by atoms with Gasteiger partial charge in [-0.3, -0.25) is 9.78 Å². The summed E-state index contributed by atoms with van der Waals surface area (Å²) >= 11 is 1.34. The van der Waals surface area contributed by atoms with Crippen LogP contribution in [0.4, 0.5) is 4.39 Å². The Hall–Kier alpha value is -3.22. The molecule has 0 saturated carbocycles. The zero-order valence-electron chi connectivity index (χ0n) is 15.7. The molecule has 0 fully saturated rings. The third-order valence-electron chi connectivity index (χ3n) is 5.00. The SMILES string of the molecule is O=C([C@H](O)c1ncccc1F)N1Cc2cn(S(=O)(=O)c3ccc4ncsc4c3)nc2C1. The minimum Gasteiger partial charge on any atom is -0.377 e. The summed E-state index contributed by atoms with van der Waals surface area (Å²) in [5.41, 5.74) is 2.92. The average Bonchev–Trinajstić information content (AvgIpc) is 3.47. The molecule has 0 bridgehead atoms. The predicted octanol–water partition coefficient (Wildman–Crippen LogP) is 1.84. The van der Waals surface area contributed by atoms with Crippen LogP contribution in [0.25, 0.3) is 10.2 Å². The number of aliphatic hydroxyl groups is 1. The fourth-order valence-corrected chi connectivity index (χ4v) is 5.39. The molecular formula is C19H14FN5O4S2. The number of nitrogens with zero attached hydrogens (tertiary/aromatic N) is 5. The molecule has 1 N–H and O–H groups in total. The highest BCUT2D eigenvalue weighted by Gasteiger charge is 2.34. The van der Waals surface area contributed by atoms with Crippen LogP contribution in [-0.2, 0) is 27.9 Å². The molecule has 5 rings (SSSR count). The van der Waals surface area contributed by atoms with Crippen molar-refractivity contribution >= 4 is 37.5 Å². The highest BCUT2D eigenvalue weighted by atomic mass is 32.2. The van der Waals surface area contributed by atoms with E-state index in [0.29, 0.717) is 16.8 Å². The summed E-state index contributed by atoms with van der Waals surface area (Å²) in [7, 11) is -3.92. The maximum absolute atomic E-state index is 13.8. The summed E-state index contributed by atoms with van der Waals surface area (Å²) in [6, 6.07) is 7.11. The topological polar surface area (TPSA) is 118 Å². The van der Waals surface area contributed by atoms with Gasteiger partial charge >= 0.3 is 0 Å². The smallest absolute Gasteiger partial charge is 0.283 e. The van der Waals surface area contributed by atoms with Crippen molar-refractivity contribution in [3.05, 3.63) is 71.0 Å². The van der Waals surface area contributed by atoms with Crippen molar-refractivity contribution in [2.24, 2.45) is 0 Å². The van der Waals surface area contributed by atoms with Gasteiger partial charge in [-0.25, -0.2) is 9.37 Å². The number of benzene rings is 1. The van der Waals surface area contributed by atoms with Gasteiger partial charge in [-0.05, 0) is 30.3 Å². The summed E-state index contributed by atoms with van der Waals surface area (Å²) < 4.78 is 41.4. The predicted molar refractivity (Wildman–Crippen MR) is 108 cm³/mol. The van der Waals surface area contributed by atoms with Gasteiger partial charge in [0.2, 0.25) is 0 Å². The van der Waals surface area contributed by atoms with Crippen LogP contribution in [-0.4, -0.2) is 43.5 Å². The highest BCUT2D eigenvalue weighted by molar-refractivity contribution is 7.89. The molecule has 12 heteroatoms. The second-order valence-electron chi connectivity index (χ2n) is 6.93. The Balaban J connectivity index is 1.37. The van der Waals surface area contributed by atoms with Crippen LogP contribution >= 0.6 is 11.3 Å². The molecule has 0 unspecified atom stereocenters. The standard InChI is InChI=1S/C19H14FN5O4S2/c20-13-2-1-5-21-17(13)18(26)19(27)24-7-11-8-25(23-15(11)9-24)31(28,29)12-3-4-14-16(6-12)30-10-22-14/h1-6,8,10,18,26H,7,9H2/t18-/m1/s1. The largest absolute Gasteiger partial charge is 0.377 e. The Labute approximate surface area is 179 Å². The molecule has 1 atom stereocenters. The van der Waals surface area contributed by atoms with Gasteiger partial charge in [-0.2, -0.15) is 17.6 Å². The van der Waals surface area contributed by atoms with Gasteiger partial charge in [-0.1, -0.05) is 0 Å². The van der Waals surface area contributed by atoms with Crippen LogP contribution in [0.1, 0.15) is 23.1 Å². The molecule has 0 aliphatic carbocycles. The second kappa shape index (κ2) is 7.18. The van der Waals surface area contributed by atoms with Crippen LogP contribution in [0.15, 0.2) is 53.1 Å². The Kier molecular flexibility index (Phi) is 4.57. The fraction of sp³-hybridized carbons (Fsp3) is 0.158. The zero-order valence-corrected chi connectivity index (χ0v) is 17.3. The normalized spacial score (nSPS) is 14.7. The van der Waals surface area contributed by atoms with Crippen molar-refractivity contribution in [3.63, 3.8) is 0 Å². The van der Waals surface area contributed by atoms with Crippen LogP contribution in [0, 0.1) is 5.82 Å². The Bertz CT molecular complexity index is 1410. The summed E-state index contributed by atoms with van der Waals surface area (Å²) in [6.07, 6.45) is 0.877. The monoisotopic (exact) mass is 459 g/mol. The third kappa shape index (κ3) is 3.28. The molecule has 31 heavy (non-hydrogen) atoms. The lowest BCUT2D eigenvalue weighted by atomic mass is 10.2. The Morgan fingerprint density at radius 2 is 2.06 bits per heavy atom. The van der Waals surface area contributed by atoms with E-state index in [4.69, 9.17) is 0 Å². The van der Waals surface area contributed by atoms with E-state index in [1.54, 1.807) is 17.6 Å². The number of carbonyl (C=O) groups excluding carboxylic acids is 1. The minimum atomic E-state index is -3.92. The molecular weight excluding hydrogens is 445 g/mol. The molecule has 1 aromatic carbocycles. The molecule has 0 saturated heterocycles. The van der Waals surface area contributed by atoms with E-state index in [9.17, 15) is 22.7 Å². The highest BCUT2D eigenvalue weighted by Crippen LogP contribution is 2.28. The number of fused-ring (bicyclic) bond motifs is 2. The first kappa shape index (κ1) is 19.7. The molecule has 1 amide bonds. The molecule has 4 heterocycles. The molecule has 1 aliphatic rings. The first-order valence-corrected chi connectivity index (χ1v) is 11.4. The Morgan fingerprint density at radius 1 is 1.23 bits per heavy atom. The maximum atomic E-state index is 13.8. The van der Waals surface area contributed by atoms with E-state index in [1.807, 2.05) is 0 Å². The zero-order chi connectivity index (χ0) is 21.8. The molecule has 0 spiro atoms. The fourth-order valence-electron chi connectivity index (χ4n) is 3.40. The van der Waals surface area contributed by atoms with Gasteiger partial charge in [0, 0.05) is 24.5 Å². The van der Waals surface area contributed by atoms with Crippen molar-refractivity contribution in [2.45, 2.75) is 24.1 Å². The number of amides is 1. The number of carbonyl (C=O) groups is 1. The lowest BCUT2D eigenvalue weighted by Gasteiger charge is -2.19. The molecule has 9 nitrogen and oxygen atoms in total. The van der Waals surface area contributed by atoms with Gasteiger partial charge in [-0.15, -0.1) is 11.3 Å². The van der Waals surface area contributed by atoms with Crippen molar-refractivity contribution in [1.29, 1.82) is 0 Å². The average molecular weight is 459 g/mol. The van der Waals surface area contributed by atoms with Gasteiger partial charge in [0.1, 0.15) is 11.5 Å². The molecule has 3 aromatic heterocycles. The van der Waals surface area contributed by atoms with E-state index >= 15 is 0 Å². The van der Waals surface area contributed by atoms with Gasteiger partial charge in [0.05, 0.1) is 32.9 Å². The number of aromatic nitrogens is 4. The first-order valence-electron chi connectivity index (χ1n) is 9.08. The van der Waals surface area contributed by atoms with Crippen LogP contribution < -0.4 is 0 Å². The summed E-state index contributed by atoms with van der Waals surface area (Å²) in [4.78, 5) is 21.8. The quantitative estimate of drug-likeness (QED) is 0.495. The number of pyridine rings is 1. The van der Waals surface area contributed by atoms with Crippen molar-refractivity contribution < 1.29 is 22.7 Å². The van der Waals surface area contributed by atoms with E-state index in [0.717, 1.165) is 14.9 Å². The van der Waals surface area contributed by atoms with Gasteiger partial charge in [0.15, 0.2) is 6.10 Å². The number of halogens is 1. The van der Waals surface area contributed by atoms with Crippen LogP contribution in [0.3, 0.4) is 0 Å². The third-order valence-corrected chi connectivity index (χ3v) is 7.32. The number of thiazole rings is 1. The van der Waals surface area contributed by atoms with Crippen molar-refractivity contribution in [2.75, 3.05) is 0 Å². The lowest BCUT2D eigenvalue weighted by molar-refractivity contribution is -0.141. The minimum absolute atomic E-state index is 0.00389. The van der Waals surface area contributed by atoms with E-state index in [1.165, 1.54) is 40.8 Å². The summed E-state index contributed by atoms with van der Waals surface area (Å²) in [6.45, 7) is 0.0408. The molecule has 4 aromatic rings. The van der Waals surface area contributed by atoms with E-state index in [-0.39, 0.29) is 23.7 Å². The van der Waals surface area contributed by atoms with Gasteiger partial charge < -0.3 is 10.0 Å². The first-order chi connectivity index (χ1) is 14.8. The van der Waals surface area contributed by atoms with Crippen molar-refractivity contribution in [3.8, 4) is 0 Å². The molecule has 1 aliphatic heterocycles. The molecule has 158 valence electrons. The summed E-state index contributed by atoms with van der Waals surface area (Å²) in [5.74, 6) is -1.52.